The first-order valence-electron chi connectivity index (χ1n) is 8.52. The fourth-order valence-corrected chi connectivity index (χ4v) is 4.06. The number of nitrogens with one attached hydrogen (secondary N) is 1. The lowest BCUT2D eigenvalue weighted by atomic mass is 10.2. The Labute approximate surface area is 164 Å². The number of imidazole rings is 1. The van der Waals surface area contributed by atoms with Crippen molar-refractivity contribution < 1.29 is 21.6 Å². The van der Waals surface area contributed by atoms with Crippen molar-refractivity contribution in [2.24, 2.45) is 0 Å². The number of alkyl halides is 3. The van der Waals surface area contributed by atoms with Crippen LogP contribution in [0.3, 0.4) is 0 Å². The second kappa shape index (κ2) is 7.46. The van der Waals surface area contributed by atoms with Gasteiger partial charge in [-0.05, 0) is 44.2 Å². The van der Waals surface area contributed by atoms with Gasteiger partial charge in [0.15, 0.2) is 5.03 Å². The minimum atomic E-state index is -4.49. The summed E-state index contributed by atoms with van der Waals surface area (Å²) in [5.41, 5.74) is 0.00340. The molecule has 1 N–H and O–H groups in total. The third kappa shape index (κ3) is 4.08. The van der Waals surface area contributed by atoms with Crippen molar-refractivity contribution >= 4 is 21.1 Å². The van der Waals surface area contributed by atoms with Crippen LogP contribution in [0.4, 0.5) is 13.2 Å². The van der Waals surface area contributed by atoms with Crippen LogP contribution in [0.15, 0.2) is 41.6 Å². The van der Waals surface area contributed by atoms with E-state index < -0.39 is 27.8 Å². The molecule has 1 aromatic carbocycles. The Morgan fingerprint density at radius 1 is 1.28 bits per heavy atom. The molecule has 0 saturated heterocycles. The maximum Gasteiger partial charge on any atom is 0.416 e. The van der Waals surface area contributed by atoms with Gasteiger partial charge in [0.2, 0.25) is 0 Å². The monoisotopic (exact) mass is 423 g/mol. The fourth-order valence-electron chi connectivity index (χ4n) is 2.93. The molecular formula is C18H16F3N5O2S. The van der Waals surface area contributed by atoms with Gasteiger partial charge in [0.05, 0.1) is 28.2 Å². The quantitative estimate of drug-likeness (QED) is 0.678. The van der Waals surface area contributed by atoms with Crippen LogP contribution in [-0.4, -0.2) is 23.0 Å². The van der Waals surface area contributed by atoms with Crippen LogP contribution in [0.5, 0.6) is 0 Å². The molecule has 11 heteroatoms. The average Bonchev–Trinajstić information content (AvgIpc) is 3.05. The highest BCUT2D eigenvalue weighted by atomic mass is 32.2. The van der Waals surface area contributed by atoms with E-state index in [-0.39, 0.29) is 21.9 Å². The molecule has 0 aliphatic carbocycles. The van der Waals surface area contributed by atoms with E-state index in [9.17, 15) is 21.6 Å². The number of pyridine rings is 1. The molecule has 3 rings (SSSR count). The molecule has 3 aromatic rings. The Kier molecular flexibility index (Phi) is 5.34. The number of benzene rings is 1. The number of fused-ring (bicyclic) bond motifs is 1. The topological polar surface area (TPSA) is 101 Å². The summed E-state index contributed by atoms with van der Waals surface area (Å²) >= 11 is 0. The Bertz CT molecular complexity index is 1200. The summed E-state index contributed by atoms with van der Waals surface area (Å²) in [5, 5.41) is 8.51. The molecule has 2 heterocycles. The zero-order valence-electron chi connectivity index (χ0n) is 15.4. The van der Waals surface area contributed by atoms with Gasteiger partial charge in [-0.2, -0.15) is 23.2 Å². The van der Waals surface area contributed by atoms with Crippen LogP contribution < -0.4 is 4.72 Å². The summed E-state index contributed by atoms with van der Waals surface area (Å²) in [7, 11) is -4.03. The van der Waals surface area contributed by atoms with Gasteiger partial charge in [0, 0.05) is 12.7 Å². The minimum Gasteiger partial charge on any atom is -0.327 e. The first-order chi connectivity index (χ1) is 13.6. The number of aryl methyl sites for hydroxylation is 1. The predicted molar refractivity (Wildman–Crippen MR) is 98.1 cm³/mol. The largest absolute Gasteiger partial charge is 0.416 e. The summed E-state index contributed by atoms with van der Waals surface area (Å²) in [5.74, 6) is 0.277. The maximum atomic E-state index is 13.0. The first-order valence-corrected chi connectivity index (χ1v) is 10.0. The third-order valence-electron chi connectivity index (χ3n) is 4.28. The zero-order valence-corrected chi connectivity index (χ0v) is 16.2. The summed E-state index contributed by atoms with van der Waals surface area (Å²) in [6.07, 6.45) is -3.36. The van der Waals surface area contributed by atoms with E-state index in [0.29, 0.717) is 12.1 Å². The molecule has 0 amide bonds. The van der Waals surface area contributed by atoms with E-state index in [4.69, 9.17) is 5.26 Å². The normalized spacial score (nSPS) is 13.4. The smallest absolute Gasteiger partial charge is 0.327 e. The lowest BCUT2D eigenvalue weighted by Gasteiger charge is -2.15. The van der Waals surface area contributed by atoms with E-state index >= 15 is 0 Å². The molecule has 0 fully saturated rings. The van der Waals surface area contributed by atoms with E-state index in [0.717, 1.165) is 18.3 Å². The summed E-state index contributed by atoms with van der Waals surface area (Å²) in [6.45, 7) is 3.57. The van der Waals surface area contributed by atoms with E-state index in [1.165, 1.54) is 22.8 Å². The lowest BCUT2D eigenvalue weighted by Crippen LogP contribution is -2.29. The molecule has 29 heavy (non-hydrogen) atoms. The molecule has 0 radical (unpaired) electrons. The van der Waals surface area contributed by atoms with Crippen molar-refractivity contribution in [1.29, 1.82) is 5.26 Å². The highest BCUT2D eigenvalue weighted by molar-refractivity contribution is 7.89. The standard InChI is InChI=1S/C18H16F3N5O2S/c1-3-26-15-8-13(18(19,20)21)5-6-14(15)24-17(26)11(2)25-29(27,28)16-7-4-12(9-22)10-23-16/h4-8,10-11,25H,3H2,1-2H3/t11-/m1/s1. The number of hydrogen-bond acceptors (Lipinski definition) is 5. The first kappa shape index (κ1) is 20.8. The molecule has 0 spiro atoms. The second-order valence-corrected chi connectivity index (χ2v) is 7.92. The number of nitriles is 1. The molecule has 7 nitrogen and oxygen atoms in total. The van der Waals surface area contributed by atoms with Crippen LogP contribution in [-0.2, 0) is 22.7 Å². The van der Waals surface area contributed by atoms with Gasteiger partial charge < -0.3 is 4.57 Å². The van der Waals surface area contributed by atoms with Gasteiger partial charge in [-0.1, -0.05) is 0 Å². The van der Waals surface area contributed by atoms with Crippen molar-refractivity contribution in [1.82, 2.24) is 19.3 Å². The van der Waals surface area contributed by atoms with Crippen molar-refractivity contribution in [3.63, 3.8) is 0 Å². The van der Waals surface area contributed by atoms with Crippen LogP contribution in [0, 0.1) is 11.3 Å². The van der Waals surface area contributed by atoms with Crippen molar-refractivity contribution in [3.8, 4) is 6.07 Å². The lowest BCUT2D eigenvalue weighted by molar-refractivity contribution is -0.137. The summed E-state index contributed by atoms with van der Waals surface area (Å²) < 4.78 is 68.2. The van der Waals surface area contributed by atoms with Gasteiger partial charge in [-0.15, -0.1) is 0 Å². The van der Waals surface area contributed by atoms with Gasteiger partial charge in [-0.25, -0.2) is 18.4 Å². The highest BCUT2D eigenvalue weighted by Gasteiger charge is 2.31. The predicted octanol–water partition coefficient (Wildman–Crippen LogP) is 3.38. The van der Waals surface area contributed by atoms with Crippen LogP contribution in [0.25, 0.3) is 11.0 Å². The molecular weight excluding hydrogens is 407 g/mol. The highest BCUT2D eigenvalue weighted by Crippen LogP contribution is 2.32. The second-order valence-electron chi connectivity index (χ2n) is 6.26. The number of rotatable bonds is 5. The summed E-state index contributed by atoms with van der Waals surface area (Å²) in [4.78, 5) is 8.08. The Morgan fingerprint density at radius 2 is 2.00 bits per heavy atom. The van der Waals surface area contributed by atoms with Crippen LogP contribution in [0.2, 0.25) is 0 Å². The van der Waals surface area contributed by atoms with Crippen molar-refractivity contribution in [3.05, 3.63) is 53.5 Å². The maximum absolute atomic E-state index is 13.0. The van der Waals surface area contributed by atoms with E-state index in [2.05, 4.69) is 14.7 Å². The van der Waals surface area contributed by atoms with Crippen molar-refractivity contribution in [2.75, 3.05) is 0 Å². The van der Waals surface area contributed by atoms with Crippen LogP contribution in [0.1, 0.15) is 36.8 Å². The molecule has 0 unspecified atom stereocenters. The Balaban J connectivity index is 1.97. The van der Waals surface area contributed by atoms with E-state index in [1.54, 1.807) is 13.8 Å². The van der Waals surface area contributed by atoms with E-state index in [1.807, 2.05) is 6.07 Å². The number of sulfonamides is 1. The molecule has 0 saturated carbocycles. The minimum absolute atomic E-state index is 0.213. The molecule has 0 aliphatic heterocycles. The summed E-state index contributed by atoms with van der Waals surface area (Å²) in [6, 6.07) is 6.74. The van der Waals surface area contributed by atoms with Gasteiger partial charge >= 0.3 is 6.18 Å². The molecule has 1 atom stereocenters. The van der Waals surface area contributed by atoms with Gasteiger partial charge in [-0.3, -0.25) is 0 Å². The number of aromatic nitrogens is 3. The fraction of sp³-hybridized carbons (Fsp3) is 0.278. The molecule has 2 aromatic heterocycles. The zero-order chi connectivity index (χ0) is 21.4. The average molecular weight is 423 g/mol. The number of hydrogen-bond donors (Lipinski definition) is 1. The Morgan fingerprint density at radius 3 is 2.55 bits per heavy atom. The van der Waals surface area contributed by atoms with Crippen LogP contribution >= 0.6 is 0 Å². The molecule has 152 valence electrons. The Hall–Kier alpha value is -2.97. The van der Waals surface area contributed by atoms with Crippen molar-refractivity contribution in [2.45, 2.75) is 37.6 Å². The number of halogens is 3. The van der Waals surface area contributed by atoms with Gasteiger partial charge in [0.25, 0.3) is 10.0 Å². The molecule has 0 aliphatic rings. The third-order valence-corrected chi connectivity index (χ3v) is 5.74. The SMILES string of the molecule is CCn1c([C@@H](C)NS(=O)(=O)c2ccc(C#N)cn2)nc2ccc(C(F)(F)F)cc21. The van der Waals surface area contributed by atoms with Gasteiger partial charge in [0.1, 0.15) is 11.9 Å². The number of nitrogens with zero attached hydrogens (tertiary/aromatic N) is 4. The molecule has 0 bridgehead atoms.